The second-order valence-electron chi connectivity index (χ2n) is 4.04. The van der Waals surface area contributed by atoms with Crippen LogP contribution in [0.4, 0.5) is 0 Å². The maximum atomic E-state index is 10.4. The predicted octanol–water partition coefficient (Wildman–Crippen LogP) is 2.52. The van der Waals surface area contributed by atoms with Crippen molar-refractivity contribution in [3.05, 3.63) is 15.0 Å². The molecule has 0 saturated heterocycles. The molecule has 0 bridgehead atoms. The van der Waals surface area contributed by atoms with Crippen molar-refractivity contribution in [1.82, 2.24) is 4.98 Å². The van der Waals surface area contributed by atoms with Crippen LogP contribution in [0.3, 0.4) is 0 Å². The lowest BCUT2D eigenvalue weighted by atomic mass is 9.99. The molecule has 1 heterocycles. The molecule has 2 aliphatic carbocycles. The van der Waals surface area contributed by atoms with Gasteiger partial charge in [0.05, 0.1) is 0 Å². The van der Waals surface area contributed by atoms with Gasteiger partial charge in [-0.05, 0) is 47.0 Å². The molecule has 2 fully saturated rings. The summed E-state index contributed by atoms with van der Waals surface area (Å²) in [6.07, 6.45) is 3.29. The highest BCUT2D eigenvalue weighted by atomic mass is 79.9. The van der Waals surface area contributed by atoms with Crippen molar-refractivity contribution < 1.29 is 5.11 Å². The van der Waals surface area contributed by atoms with Gasteiger partial charge in [0.25, 0.3) is 0 Å². The first-order valence-electron chi connectivity index (χ1n) is 4.54. The molecule has 1 aromatic heterocycles. The van der Waals surface area contributed by atoms with E-state index >= 15 is 0 Å². The van der Waals surface area contributed by atoms with Gasteiger partial charge in [-0.3, -0.25) is 0 Å². The second kappa shape index (κ2) is 2.55. The Morgan fingerprint density at radius 3 is 3.00 bits per heavy atom. The highest BCUT2D eigenvalue weighted by Crippen LogP contribution is 2.61. The van der Waals surface area contributed by atoms with Crippen LogP contribution in [-0.4, -0.2) is 10.1 Å². The summed E-state index contributed by atoms with van der Waals surface area (Å²) in [5.74, 6) is 1.29. The Bertz CT molecular complexity index is 353. The van der Waals surface area contributed by atoms with E-state index in [-0.39, 0.29) is 0 Å². The Labute approximate surface area is 89.1 Å². The van der Waals surface area contributed by atoms with Crippen LogP contribution < -0.4 is 0 Å². The third-order valence-electron chi connectivity index (χ3n) is 3.28. The SMILES string of the molecule is OC1(c2nc(Br)cs2)CCC2CC21. The monoisotopic (exact) mass is 259 g/mol. The van der Waals surface area contributed by atoms with E-state index in [2.05, 4.69) is 20.9 Å². The molecule has 4 heteroatoms. The zero-order valence-electron chi connectivity index (χ0n) is 7.03. The number of thiazole rings is 1. The van der Waals surface area contributed by atoms with Crippen molar-refractivity contribution in [3.63, 3.8) is 0 Å². The van der Waals surface area contributed by atoms with E-state index in [1.54, 1.807) is 11.3 Å². The summed E-state index contributed by atoms with van der Waals surface area (Å²) in [4.78, 5) is 4.33. The number of aromatic nitrogens is 1. The highest BCUT2D eigenvalue weighted by molar-refractivity contribution is 9.10. The normalized spacial score (nSPS) is 42.0. The first kappa shape index (κ1) is 8.38. The van der Waals surface area contributed by atoms with Gasteiger partial charge < -0.3 is 5.11 Å². The molecule has 2 saturated carbocycles. The third kappa shape index (κ3) is 1.12. The summed E-state index contributed by atoms with van der Waals surface area (Å²) in [5.41, 5.74) is -0.582. The zero-order chi connectivity index (χ0) is 9.05. The smallest absolute Gasteiger partial charge is 0.126 e. The largest absolute Gasteiger partial charge is 0.382 e. The van der Waals surface area contributed by atoms with Gasteiger partial charge in [-0.1, -0.05) is 0 Å². The lowest BCUT2D eigenvalue weighted by Gasteiger charge is -2.21. The van der Waals surface area contributed by atoms with Crippen molar-refractivity contribution in [2.24, 2.45) is 11.8 Å². The molecule has 1 N–H and O–H groups in total. The summed E-state index contributed by atoms with van der Waals surface area (Å²) in [7, 11) is 0. The molecular weight excluding hydrogens is 250 g/mol. The fraction of sp³-hybridized carbons (Fsp3) is 0.667. The van der Waals surface area contributed by atoms with Crippen LogP contribution in [0.25, 0.3) is 0 Å². The van der Waals surface area contributed by atoms with Crippen LogP contribution >= 0.6 is 27.3 Å². The second-order valence-corrected chi connectivity index (χ2v) is 5.71. The quantitative estimate of drug-likeness (QED) is 0.841. The predicted molar refractivity (Wildman–Crippen MR) is 54.5 cm³/mol. The Morgan fingerprint density at radius 1 is 1.69 bits per heavy atom. The van der Waals surface area contributed by atoms with Gasteiger partial charge in [-0.15, -0.1) is 11.3 Å². The van der Waals surface area contributed by atoms with E-state index in [9.17, 15) is 5.11 Å². The van der Waals surface area contributed by atoms with Crippen molar-refractivity contribution in [2.75, 3.05) is 0 Å². The fourth-order valence-corrected chi connectivity index (χ4v) is 3.91. The van der Waals surface area contributed by atoms with Gasteiger partial charge in [0.2, 0.25) is 0 Å². The Kier molecular flexibility index (Phi) is 1.65. The van der Waals surface area contributed by atoms with Crippen LogP contribution in [0.1, 0.15) is 24.3 Å². The van der Waals surface area contributed by atoms with E-state index in [1.165, 1.54) is 12.8 Å². The molecule has 0 aromatic carbocycles. The number of nitrogens with zero attached hydrogens (tertiary/aromatic N) is 1. The molecule has 13 heavy (non-hydrogen) atoms. The average Bonchev–Trinajstić information content (AvgIpc) is 2.66. The summed E-state index contributed by atoms with van der Waals surface area (Å²) in [6, 6.07) is 0. The number of rotatable bonds is 1. The minimum absolute atomic E-state index is 0.505. The summed E-state index contributed by atoms with van der Waals surface area (Å²) in [6.45, 7) is 0. The molecule has 3 rings (SSSR count). The van der Waals surface area contributed by atoms with Gasteiger partial charge in [0, 0.05) is 5.38 Å². The van der Waals surface area contributed by atoms with Gasteiger partial charge in [-0.25, -0.2) is 4.98 Å². The summed E-state index contributed by atoms with van der Waals surface area (Å²) >= 11 is 4.89. The van der Waals surface area contributed by atoms with Crippen molar-refractivity contribution in [2.45, 2.75) is 24.9 Å². The van der Waals surface area contributed by atoms with E-state index in [0.717, 1.165) is 21.9 Å². The fourth-order valence-electron chi connectivity index (χ4n) is 2.46. The molecule has 2 nitrogen and oxygen atoms in total. The maximum absolute atomic E-state index is 10.4. The van der Waals surface area contributed by atoms with Gasteiger partial charge in [-0.2, -0.15) is 0 Å². The molecular formula is C9H10BrNOS. The molecule has 0 radical (unpaired) electrons. The summed E-state index contributed by atoms with van der Waals surface area (Å²) < 4.78 is 0.852. The van der Waals surface area contributed by atoms with Crippen LogP contribution in [0.5, 0.6) is 0 Å². The van der Waals surface area contributed by atoms with Crippen LogP contribution in [0.2, 0.25) is 0 Å². The first-order valence-corrected chi connectivity index (χ1v) is 6.21. The molecule has 3 atom stereocenters. The van der Waals surface area contributed by atoms with Gasteiger partial charge in [0.1, 0.15) is 15.2 Å². The number of halogens is 1. The number of fused-ring (bicyclic) bond motifs is 1. The van der Waals surface area contributed by atoms with Crippen LogP contribution in [0.15, 0.2) is 9.98 Å². The van der Waals surface area contributed by atoms with Crippen molar-refractivity contribution in [3.8, 4) is 0 Å². The molecule has 3 unspecified atom stereocenters. The Morgan fingerprint density at radius 2 is 2.54 bits per heavy atom. The minimum Gasteiger partial charge on any atom is -0.382 e. The zero-order valence-corrected chi connectivity index (χ0v) is 9.44. The van der Waals surface area contributed by atoms with E-state index in [0.29, 0.717) is 5.92 Å². The number of hydrogen-bond acceptors (Lipinski definition) is 3. The molecule has 0 amide bonds. The molecule has 2 aliphatic rings. The van der Waals surface area contributed by atoms with Crippen LogP contribution in [0, 0.1) is 11.8 Å². The molecule has 70 valence electrons. The Balaban J connectivity index is 1.99. The number of hydrogen-bond donors (Lipinski definition) is 1. The van der Waals surface area contributed by atoms with E-state index < -0.39 is 5.60 Å². The first-order chi connectivity index (χ1) is 6.20. The highest BCUT2D eigenvalue weighted by Gasteiger charge is 2.59. The third-order valence-corrected chi connectivity index (χ3v) is 5.00. The maximum Gasteiger partial charge on any atom is 0.126 e. The van der Waals surface area contributed by atoms with E-state index in [1.807, 2.05) is 5.38 Å². The lowest BCUT2D eigenvalue weighted by molar-refractivity contribution is 0.0204. The molecule has 0 aliphatic heterocycles. The van der Waals surface area contributed by atoms with Gasteiger partial charge >= 0.3 is 0 Å². The van der Waals surface area contributed by atoms with Crippen molar-refractivity contribution in [1.29, 1.82) is 0 Å². The summed E-state index contributed by atoms with van der Waals surface area (Å²) in [5, 5.41) is 13.3. The Hall–Kier alpha value is 0.0700. The average molecular weight is 260 g/mol. The topological polar surface area (TPSA) is 33.1 Å². The van der Waals surface area contributed by atoms with Crippen LogP contribution in [-0.2, 0) is 5.60 Å². The molecule has 1 aromatic rings. The standard InChI is InChI=1S/C9H10BrNOS/c10-7-4-13-8(11-7)9(12)2-1-5-3-6(5)9/h4-6,12H,1-3H2. The van der Waals surface area contributed by atoms with Gasteiger partial charge in [0.15, 0.2) is 0 Å². The van der Waals surface area contributed by atoms with E-state index in [4.69, 9.17) is 0 Å². The lowest BCUT2D eigenvalue weighted by Crippen LogP contribution is -2.25. The minimum atomic E-state index is -0.582. The van der Waals surface area contributed by atoms with Crippen molar-refractivity contribution >= 4 is 27.3 Å². The number of aliphatic hydroxyl groups is 1. The molecule has 0 spiro atoms.